The van der Waals surface area contributed by atoms with Gasteiger partial charge in [0.2, 0.25) is 0 Å². The van der Waals surface area contributed by atoms with Crippen molar-refractivity contribution in [1.29, 1.82) is 0 Å². The number of carboxylic acids is 1. The molecule has 0 spiro atoms. The molecular weight excluding hydrogens is 457 g/mol. The highest BCUT2D eigenvalue weighted by atomic mass is 35.5. The predicted molar refractivity (Wildman–Crippen MR) is 112 cm³/mol. The van der Waals surface area contributed by atoms with Crippen molar-refractivity contribution in [2.75, 3.05) is 17.1 Å². The van der Waals surface area contributed by atoms with Crippen molar-refractivity contribution < 1.29 is 27.9 Å². The average molecular weight is 470 g/mol. The number of carboxylic acid groups (broad SMARTS) is 1. The number of sulfonamides is 1. The number of carbonyl (C=O) groups is 2. The summed E-state index contributed by atoms with van der Waals surface area (Å²) in [6, 6.07) is 9.08. The van der Waals surface area contributed by atoms with Gasteiger partial charge in [-0.2, -0.15) is 0 Å². The molecule has 12 heteroatoms. The number of ether oxygens (including phenoxy) is 1. The molecule has 0 unspecified atom stereocenters. The minimum Gasteiger partial charge on any atom is -0.477 e. The fourth-order valence-electron chi connectivity index (χ4n) is 2.57. The van der Waals surface area contributed by atoms with Crippen LogP contribution in [0.25, 0.3) is 10.9 Å². The Morgan fingerprint density at radius 1 is 1.10 bits per heavy atom. The molecule has 1 amide bonds. The van der Waals surface area contributed by atoms with Crippen molar-refractivity contribution in [2.24, 2.45) is 0 Å². The smallest absolute Gasteiger partial charge is 0.411 e. The molecule has 156 valence electrons. The summed E-state index contributed by atoms with van der Waals surface area (Å²) < 4.78 is 32.5. The van der Waals surface area contributed by atoms with Crippen molar-refractivity contribution in [3.05, 3.63) is 58.2 Å². The fraction of sp³-hybridized carbons (Fsp3) is 0.0556. The quantitative estimate of drug-likeness (QED) is 0.508. The molecule has 0 aliphatic carbocycles. The van der Waals surface area contributed by atoms with Gasteiger partial charge in [0.25, 0.3) is 10.0 Å². The monoisotopic (exact) mass is 469 g/mol. The first-order valence-electron chi connectivity index (χ1n) is 8.11. The predicted octanol–water partition coefficient (Wildman–Crippen LogP) is 4.22. The topological polar surface area (TPSA) is 135 Å². The first kappa shape index (κ1) is 21.6. The number of nitrogens with one attached hydrogen (secondary N) is 2. The van der Waals surface area contributed by atoms with E-state index in [1.807, 2.05) is 0 Å². The highest BCUT2D eigenvalue weighted by Crippen LogP contribution is 2.34. The van der Waals surface area contributed by atoms with E-state index >= 15 is 0 Å². The molecule has 0 aliphatic rings. The van der Waals surface area contributed by atoms with Crippen LogP contribution in [0.4, 0.5) is 16.2 Å². The van der Waals surface area contributed by atoms with Gasteiger partial charge in [-0.25, -0.2) is 23.0 Å². The van der Waals surface area contributed by atoms with Gasteiger partial charge in [-0.15, -0.1) is 0 Å². The Labute approximate surface area is 180 Å². The number of methoxy groups -OCH3 is 1. The molecule has 0 saturated heterocycles. The molecule has 1 aromatic heterocycles. The molecule has 0 radical (unpaired) electrons. The van der Waals surface area contributed by atoms with Gasteiger partial charge >= 0.3 is 12.1 Å². The molecule has 30 heavy (non-hydrogen) atoms. The largest absolute Gasteiger partial charge is 0.477 e. The summed E-state index contributed by atoms with van der Waals surface area (Å²) in [6.07, 6.45) is -0.707. The van der Waals surface area contributed by atoms with Crippen LogP contribution in [0.3, 0.4) is 0 Å². The summed E-state index contributed by atoms with van der Waals surface area (Å²) in [6.45, 7) is 0. The lowest BCUT2D eigenvalue weighted by Crippen LogP contribution is -2.15. The zero-order valence-corrected chi connectivity index (χ0v) is 17.5. The Kier molecular flexibility index (Phi) is 6.01. The normalized spacial score (nSPS) is 11.2. The first-order chi connectivity index (χ1) is 14.1. The molecule has 0 saturated carbocycles. The van der Waals surface area contributed by atoms with Crippen molar-refractivity contribution >= 4 is 67.6 Å². The minimum atomic E-state index is -4.13. The van der Waals surface area contributed by atoms with Crippen LogP contribution in [0.5, 0.6) is 0 Å². The summed E-state index contributed by atoms with van der Waals surface area (Å²) in [5, 5.41) is 12.2. The second-order valence-electron chi connectivity index (χ2n) is 5.89. The number of pyridine rings is 1. The fourth-order valence-corrected chi connectivity index (χ4v) is 4.21. The molecule has 1 heterocycles. The van der Waals surface area contributed by atoms with E-state index < -0.39 is 27.8 Å². The molecule has 3 N–H and O–H groups in total. The van der Waals surface area contributed by atoms with E-state index in [1.54, 1.807) is 0 Å². The summed E-state index contributed by atoms with van der Waals surface area (Å²) in [4.78, 5) is 26.5. The number of rotatable bonds is 5. The van der Waals surface area contributed by atoms with E-state index in [0.29, 0.717) is 5.69 Å². The van der Waals surface area contributed by atoms with Gasteiger partial charge in [0.15, 0.2) is 5.69 Å². The van der Waals surface area contributed by atoms with Crippen molar-refractivity contribution in [3.63, 3.8) is 0 Å². The average Bonchev–Trinajstić information content (AvgIpc) is 2.67. The number of nitrogens with zero attached hydrogens (tertiary/aromatic N) is 1. The maximum atomic E-state index is 12.8. The van der Waals surface area contributed by atoms with Crippen LogP contribution in [0.2, 0.25) is 10.0 Å². The molecule has 3 aromatic rings. The lowest BCUT2D eigenvalue weighted by molar-refractivity contribution is 0.0691. The van der Waals surface area contributed by atoms with E-state index in [4.69, 9.17) is 23.2 Å². The number of benzene rings is 2. The van der Waals surface area contributed by atoms with Gasteiger partial charge in [-0.1, -0.05) is 23.2 Å². The Morgan fingerprint density at radius 3 is 2.37 bits per heavy atom. The van der Waals surface area contributed by atoms with Crippen LogP contribution < -0.4 is 10.0 Å². The van der Waals surface area contributed by atoms with Gasteiger partial charge in [-0.3, -0.25) is 10.0 Å². The third-order valence-corrected chi connectivity index (χ3v) is 5.78. The van der Waals surface area contributed by atoms with Crippen LogP contribution >= 0.6 is 23.2 Å². The third-order valence-electron chi connectivity index (χ3n) is 3.89. The molecule has 9 nitrogen and oxygen atoms in total. The number of hydrogen-bond acceptors (Lipinski definition) is 6. The van der Waals surface area contributed by atoms with E-state index in [-0.39, 0.29) is 31.5 Å². The van der Waals surface area contributed by atoms with Crippen molar-refractivity contribution in [3.8, 4) is 0 Å². The number of aromatic carboxylic acids is 1. The highest BCUT2D eigenvalue weighted by molar-refractivity contribution is 7.92. The van der Waals surface area contributed by atoms with Crippen LogP contribution in [0, 0.1) is 0 Å². The Hall–Kier alpha value is -3.08. The number of halogens is 2. The SMILES string of the molecule is COC(=O)Nc1ccc(S(=O)(=O)Nc2cc(C(=O)O)nc3cc(Cl)cc(Cl)c23)cc1. The molecule has 0 aliphatic heterocycles. The number of aromatic nitrogens is 1. The number of fused-ring (bicyclic) bond motifs is 1. The van der Waals surface area contributed by atoms with Gasteiger partial charge < -0.3 is 9.84 Å². The van der Waals surface area contributed by atoms with Crippen molar-refractivity contribution in [2.45, 2.75) is 4.90 Å². The summed E-state index contributed by atoms with van der Waals surface area (Å²) in [7, 11) is -2.94. The Bertz CT molecular complexity index is 1260. The second kappa shape index (κ2) is 8.34. The molecule has 0 fully saturated rings. The number of anilines is 2. The standard InChI is InChI=1S/C18H13Cl2N3O6S/c1-29-18(26)21-10-2-4-11(5-3-10)30(27,28)23-14-8-15(17(24)25)22-13-7-9(19)6-12(20)16(13)14/h2-8H,1H3,(H,21,26)(H,22,23)(H,24,25). The van der Waals surface area contributed by atoms with Crippen LogP contribution in [0.15, 0.2) is 47.4 Å². The summed E-state index contributed by atoms with van der Waals surface area (Å²) >= 11 is 12.1. The van der Waals surface area contributed by atoms with E-state index in [0.717, 1.165) is 6.07 Å². The zero-order chi connectivity index (χ0) is 22.1. The zero-order valence-electron chi connectivity index (χ0n) is 15.1. The summed E-state index contributed by atoms with van der Waals surface area (Å²) in [5.41, 5.74) is -0.0317. The van der Waals surface area contributed by atoms with Gasteiger partial charge in [0, 0.05) is 16.1 Å². The van der Waals surface area contributed by atoms with Crippen LogP contribution in [0.1, 0.15) is 10.5 Å². The first-order valence-corrected chi connectivity index (χ1v) is 10.4. The number of carbonyl (C=O) groups excluding carboxylic acids is 1. The van der Waals surface area contributed by atoms with Gasteiger partial charge in [0.05, 0.1) is 28.2 Å². The summed E-state index contributed by atoms with van der Waals surface area (Å²) in [5.74, 6) is -1.35. The molecule has 0 bridgehead atoms. The Balaban J connectivity index is 2.04. The maximum Gasteiger partial charge on any atom is 0.411 e. The van der Waals surface area contributed by atoms with Crippen LogP contribution in [-0.2, 0) is 14.8 Å². The molecule has 2 aromatic carbocycles. The number of amides is 1. The van der Waals surface area contributed by atoms with E-state index in [2.05, 4.69) is 19.8 Å². The molecule has 3 rings (SSSR count). The third kappa shape index (κ3) is 4.56. The van der Waals surface area contributed by atoms with E-state index in [9.17, 15) is 23.1 Å². The minimum absolute atomic E-state index is 0.0733. The van der Waals surface area contributed by atoms with Gasteiger partial charge in [-0.05, 0) is 42.5 Å². The lowest BCUT2D eigenvalue weighted by atomic mass is 10.1. The van der Waals surface area contributed by atoms with Crippen molar-refractivity contribution in [1.82, 2.24) is 4.98 Å². The van der Waals surface area contributed by atoms with Crippen LogP contribution in [-0.4, -0.2) is 37.7 Å². The molecular formula is C18H13Cl2N3O6S. The van der Waals surface area contributed by atoms with E-state index in [1.165, 1.54) is 43.5 Å². The van der Waals surface area contributed by atoms with Gasteiger partial charge in [0.1, 0.15) is 0 Å². The lowest BCUT2D eigenvalue weighted by Gasteiger charge is -2.13. The second-order valence-corrected chi connectivity index (χ2v) is 8.41. The maximum absolute atomic E-state index is 12.8. The number of hydrogen-bond donors (Lipinski definition) is 3. The highest BCUT2D eigenvalue weighted by Gasteiger charge is 2.20. The molecule has 0 atom stereocenters. The Morgan fingerprint density at radius 2 is 1.77 bits per heavy atom.